The fraction of sp³-hybridized carbons (Fsp3) is 0.263. The first-order valence-electron chi connectivity index (χ1n) is 8.57. The highest BCUT2D eigenvalue weighted by molar-refractivity contribution is 7.92. The molecule has 1 heterocycles. The molecule has 2 aromatic carbocycles. The summed E-state index contributed by atoms with van der Waals surface area (Å²) in [6.45, 7) is 3.92. The largest absolute Gasteiger partial charge is 0.334 e. The molecule has 0 radical (unpaired) electrons. The predicted molar refractivity (Wildman–Crippen MR) is 104 cm³/mol. The molecule has 0 aliphatic rings. The van der Waals surface area contributed by atoms with E-state index in [-0.39, 0.29) is 10.9 Å². The summed E-state index contributed by atoms with van der Waals surface area (Å²) in [6.07, 6.45) is 0.618. The van der Waals surface area contributed by atoms with Gasteiger partial charge in [0.05, 0.1) is 4.90 Å². The summed E-state index contributed by atoms with van der Waals surface area (Å²) in [4.78, 5) is 4.48. The molecular formula is C19H22N4O3S. The summed E-state index contributed by atoms with van der Waals surface area (Å²) >= 11 is 0. The van der Waals surface area contributed by atoms with E-state index in [0.717, 1.165) is 5.56 Å². The summed E-state index contributed by atoms with van der Waals surface area (Å²) in [5.41, 5.74) is 2.04. The van der Waals surface area contributed by atoms with Gasteiger partial charge in [-0.15, -0.1) is 0 Å². The Morgan fingerprint density at radius 2 is 1.93 bits per heavy atom. The Kier molecular flexibility index (Phi) is 5.57. The molecule has 0 aliphatic carbocycles. The lowest BCUT2D eigenvalue weighted by atomic mass is 10.2. The molecule has 142 valence electrons. The van der Waals surface area contributed by atoms with Crippen LogP contribution < -0.4 is 10.0 Å². The van der Waals surface area contributed by atoms with Crippen molar-refractivity contribution in [3.63, 3.8) is 0 Å². The third-order valence-corrected chi connectivity index (χ3v) is 5.49. The van der Waals surface area contributed by atoms with Gasteiger partial charge in [-0.3, -0.25) is 4.72 Å². The Morgan fingerprint density at radius 1 is 1.15 bits per heavy atom. The van der Waals surface area contributed by atoms with Crippen molar-refractivity contribution in [2.45, 2.75) is 31.2 Å². The second-order valence-electron chi connectivity index (χ2n) is 6.41. The third-order valence-electron chi connectivity index (χ3n) is 4.11. The molecule has 8 heteroatoms. The van der Waals surface area contributed by atoms with E-state index in [9.17, 15) is 8.42 Å². The van der Waals surface area contributed by atoms with E-state index in [1.807, 2.05) is 27.0 Å². The second-order valence-corrected chi connectivity index (χ2v) is 8.09. The van der Waals surface area contributed by atoms with Crippen LogP contribution in [0.3, 0.4) is 0 Å². The van der Waals surface area contributed by atoms with E-state index in [1.54, 1.807) is 30.3 Å². The Balaban J connectivity index is 1.84. The molecule has 27 heavy (non-hydrogen) atoms. The van der Waals surface area contributed by atoms with Crippen molar-refractivity contribution in [2.75, 3.05) is 11.8 Å². The lowest BCUT2D eigenvalue weighted by Gasteiger charge is -2.09. The van der Waals surface area contributed by atoms with Crippen LogP contribution in [0, 0.1) is 6.92 Å². The molecule has 3 rings (SSSR count). The van der Waals surface area contributed by atoms with Crippen molar-refractivity contribution in [3.8, 4) is 11.5 Å². The standard InChI is InChI=1S/C19H22N4O3S/c1-13-6-4-8-16(10-13)23-27(24,25)17-9-5-7-15(12-17)19-21-18(22-26-19)11-14(2)20-3/h4-10,12,14,20,23H,11H2,1-3H3. The van der Waals surface area contributed by atoms with Crippen LogP contribution in [0.1, 0.15) is 18.3 Å². The van der Waals surface area contributed by atoms with Crippen LogP contribution >= 0.6 is 0 Å². The molecule has 0 fully saturated rings. The minimum absolute atomic E-state index is 0.129. The minimum Gasteiger partial charge on any atom is -0.334 e. The van der Waals surface area contributed by atoms with Crippen molar-refractivity contribution in [2.24, 2.45) is 0 Å². The normalized spacial score (nSPS) is 12.7. The van der Waals surface area contributed by atoms with Crippen LogP contribution in [0.25, 0.3) is 11.5 Å². The highest BCUT2D eigenvalue weighted by Gasteiger charge is 2.17. The van der Waals surface area contributed by atoms with Crippen molar-refractivity contribution in [1.29, 1.82) is 0 Å². The molecule has 0 saturated heterocycles. The zero-order chi connectivity index (χ0) is 19.4. The van der Waals surface area contributed by atoms with Gasteiger partial charge in [0.25, 0.3) is 15.9 Å². The number of sulfonamides is 1. The maximum Gasteiger partial charge on any atom is 0.261 e. The number of nitrogens with one attached hydrogen (secondary N) is 2. The number of benzene rings is 2. The number of hydrogen-bond donors (Lipinski definition) is 2. The number of anilines is 1. The van der Waals surface area contributed by atoms with Crippen LogP contribution in [-0.2, 0) is 16.4 Å². The highest BCUT2D eigenvalue weighted by atomic mass is 32.2. The summed E-state index contributed by atoms with van der Waals surface area (Å²) in [6, 6.07) is 13.8. The Hall–Kier alpha value is -2.71. The minimum atomic E-state index is -3.73. The van der Waals surface area contributed by atoms with Gasteiger partial charge in [0, 0.05) is 23.7 Å². The second kappa shape index (κ2) is 7.89. The lowest BCUT2D eigenvalue weighted by molar-refractivity contribution is 0.418. The number of aryl methyl sites for hydroxylation is 1. The van der Waals surface area contributed by atoms with Crippen LogP contribution in [0.15, 0.2) is 57.9 Å². The number of likely N-dealkylation sites (N-methyl/N-ethyl adjacent to an activating group) is 1. The van der Waals surface area contributed by atoms with Gasteiger partial charge < -0.3 is 9.84 Å². The Morgan fingerprint density at radius 3 is 2.67 bits per heavy atom. The first kappa shape index (κ1) is 19.1. The molecule has 0 amide bonds. The summed E-state index contributed by atoms with van der Waals surface area (Å²) < 4.78 is 33.3. The number of aromatic nitrogens is 2. The van der Waals surface area contributed by atoms with Crippen LogP contribution in [0.4, 0.5) is 5.69 Å². The molecule has 1 unspecified atom stereocenters. The SMILES string of the molecule is CNC(C)Cc1noc(-c2cccc(S(=O)(=O)Nc3cccc(C)c3)c2)n1. The van der Waals surface area contributed by atoms with Crippen molar-refractivity contribution in [3.05, 3.63) is 59.9 Å². The predicted octanol–water partition coefficient (Wildman–Crippen LogP) is 3.00. The van der Waals surface area contributed by atoms with Gasteiger partial charge in [-0.1, -0.05) is 23.4 Å². The van der Waals surface area contributed by atoms with E-state index >= 15 is 0 Å². The summed E-state index contributed by atoms with van der Waals surface area (Å²) in [5, 5.41) is 7.07. The first-order chi connectivity index (χ1) is 12.9. The molecule has 2 N–H and O–H groups in total. The van der Waals surface area contributed by atoms with Gasteiger partial charge in [-0.2, -0.15) is 4.98 Å². The van der Waals surface area contributed by atoms with E-state index in [0.29, 0.717) is 29.4 Å². The van der Waals surface area contributed by atoms with Gasteiger partial charge >= 0.3 is 0 Å². The summed E-state index contributed by atoms with van der Waals surface area (Å²) in [7, 11) is -1.86. The molecule has 1 aromatic heterocycles. The van der Waals surface area contributed by atoms with Gasteiger partial charge in [0.2, 0.25) is 0 Å². The van der Waals surface area contributed by atoms with Crippen LogP contribution in [0.5, 0.6) is 0 Å². The quantitative estimate of drug-likeness (QED) is 0.648. The zero-order valence-electron chi connectivity index (χ0n) is 15.4. The van der Waals surface area contributed by atoms with E-state index in [1.165, 1.54) is 12.1 Å². The van der Waals surface area contributed by atoms with Gasteiger partial charge in [0.1, 0.15) is 0 Å². The van der Waals surface area contributed by atoms with Crippen LogP contribution in [-0.4, -0.2) is 31.6 Å². The molecule has 1 atom stereocenters. The molecular weight excluding hydrogens is 364 g/mol. The average molecular weight is 386 g/mol. The Bertz CT molecular complexity index is 1030. The Labute approximate surface area is 158 Å². The number of nitrogens with zero attached hydrogens (tertiary/aromatic N) is 2. The highest BCUT2D eigenvalue weighted by Crippen LogP contribution is 2.23. The first-order valence-corrected chi connectivity index (χ1v) is 10.1. The maximum atomic E-state index is 12.7. The van der Waals surface area contributed by atoms with Crippen molar-refractivity contribution >= 4 is 15.7 Å². The van der Waals surface area contributed by atoms with Gasteiger partial charge in [-0.05, 0) is 56.8 Å². The summed E-state index contributed by atoms with van der Waals surface area (Å²) in [5.74, 6) is 0.860. The smallest absolute Gasteiger partial charge is 0.261 e. The number of rotatable bonds is 7. The molecule has 3 aromatic rings. The molecule has 0 aliphatic heterocycles. The van der Waals surface area contributed by atoms with Crippen molar-refractivity contribution in [1.82, 2.24) is 15.5 Å². The third kappa shape index (κ3) is 4.72. The maximum absolute atomic E-state index is 12.7. The van der Waals surface area contributed by atoms with E-state index in [4.69, 9.17) is 4.52 Å². The molecule has 7 nitrogen and oxygen atoms in total. The lowest BCUT2D eigenvalue weighted by Crippen LogP contribution is -2.24. The fourth-order valence-electron chi connectivity index (χ4n) is 2.55. The van der Waals surface area contributed by atoms with Gasteiger partial charge in [-0.25, -0.2) is 8.42 Å². The zero-order valence-corrected chi connectivity index (χ0v) is 16.2. The van der Waals surface area contributed by atoms with E-state index < -0.39 is 10.0 Å². The van der Waals surface area contributed by atoms with Gasteiger partial charge in [0.15, 0.2) is 5.82 Å². The molecule has 0 saturated carbocycles. The molecule has 0 bridgehead atoms. The average Bonchev–Trinajstić information content (AvgIpc) is 3.10. The number of hydrogen-bond acceptors (Lipinski definition) is 6. The monoisotopic (exact) mass is 386 g/mol. The molecule has 0 spiro atoms. The van der Waals surface area contributed by atoms with Crippen molar-refractivity contribution < 1.29 is 12.9 Å². The van der Waals surface area contributed by atoms with E-state index in [2.05, 4.69) is 20.2 Å². The fourth-order valence-corrected chi connectivity index (χ4v) is 3.64. The van der Waals surface area contributed by atoms with Crippen LogP contribution in [0.2, 0.25) is 0 Å². The topological polar surface area (TPSA) is 97.1 Å².